The number of rotatable bonds is 7. The molecule has 2 amide bonds. The molecule has 0 saturated carbocycles. The third-order valence-electron chi connectivity index (χ3n) is 4.94. The number of hydrogen-bond acceptors (Lipinski definition) is 4. The number of allylic oxidation sites excluding steroid dienone is 2. The van der Waals surface area contributed by atoms with Crippen LogP contribution in [0, 0.1) is 5.82 Å². The van der Waals surface area contributed by atoms with E-state index in [0.29, 0.717) is 37.4 Å². The second kappa shape index (κ2) is 10.9. The molecule has 1 N–H and O–H groups in total. The molecule has 166 valence electrons. The first-order valence-corrected chi connectivity index (χ1v) is 10.3. The zero-order valence-corrected chi connectivity index (χ0v) is 18.0. The third kappa shape index (κ3) is 5.85. The van der Waals surface area contributed by atoms with Crippen LogP contribution in [0.4, 0.5) is 10.1 Å². The summed E-state index contributed by atoms with van der Waals surface area (Å²) < 4.78 is 19.4. The lowest BCUT2D eigenvalue weighted by Gasteiger charge is -2.36. The van der Waals surface area contributed by atoms with Crippen LogP contribution in [0.2, 0.25) is 0 Å². The zero-order chi connectivity index (χ0) is 22.9. The number of para-hydroxylation sites is 1. The summed E-state index contributed by atoms with van der Waals surface area (Å²) in [5.74, 6) is -0.841. The van der Waals surface area contributed by atoms with E-state index >= 15 is 0 Å². The maximum Gasteiger partial charge on any atom is 0.270 e. The number of halogens is 1. The fourth-order valence-electron chi connectivity index (χ4n) is 3.31. The van der Waals surface area contributed by atoms with E-state index in [-0.39, 0.29) is 23.2 Å². The molecule has 1 aliphatic rings. The highest BCUT2D eigenvalue weighted by atomic mass is 19.1. The Kier molecular flexibility index (Phi) is 7.80. The van der Waals surface area contributed by atoms with Crippen LogP contribution in [0.5, 0.6) is 0 Å². The van der Waals surface area contributed by atoms with Crippen LogP contribution in [0.25, 0.3) is 0 Å². The van der Waals surface area contributed by atoms with Crippen LogP contribution in [0.1, 0.15) is 17.3 Å². The molecule has 1 saturated heterocycles. The Balaban J connectivity index is 1.73. The van der Waals surface area contributed by atoms with Crippen molar-refractivity contribution in [1.82, 2.24) is 10.2 Å². The Labute approximate surface area is 187 Å². The summed E-state index contributed by atoms with van der Waals surface area (Å²) in [6.45, 7) is 7.28. The van der Waals surface area contributed by atoms with E-state index in [1.807, 2.05) is 4.90 Å². The Hall–Kier alpha value is -3.87. The fourth-order valence-corrected chi connectivity index (χ4v) is 3.31. The lowest BCUT2D eigenvalue weighted by atomic mass is 10.2. The molecule has 1 aliphatic heterocycles. The second-order valence-electron chi connectivity index (χ2n) is 7.16. The summed E-state index contributed by atoms with van der Waals surface area (Å²) >= 11 is 0. The Bertz CT molecular complexity index is 1030. The molecule has 1 fully saturated rings. The first-order valence-electron chi connectivity index (χ1n) is 10.3. The fraction of sp³-hybridized carbons (Fsp3) is 0.200. The van der Waals surface area contributed by atoms with Crippen LogP contribution in [0.3, 0.4) is 0 Å². The largest absolute Gasteiger partial charge is 0.466 e. The van der Waals surface area contributed by atoms with Gasteiger partial charge in [-0.05, 0) is 31.2 Å². The number of piperazine rings is 1. The molecule has 6 nitrogen and oxygen atoms in total. The van der Waals surface area contributed by atoms with E-state index in [9.17, 15) is 14.0 Å². The molecular weight excluding hydrogens is 409 g/mol. The molecule has 0 bridgehead atoms. The Morgan fingerprint density at radius 2 is 1.69 bits per heavy atom. The standard InChI is InChI=1S/C25H26FN3O3/c1-3-17-32-19(2)18-22(27-24(30)20-9-5-4-6-10-20)25(31)29-15-13-28(14-16-29)23-12-8-7-11-21(23)26/h3-12,17-18H,2,13-16H2,1H3,(H,27,30). The van der Waals surface area contributed by atoms with Crippen molar-refractivity contribution in [1.29, 1.82) is 0 Å². The molecule has 1 heterocycles. The predicted molar refractivity (Wildman–Crippen MR) is 122 cm³/mol. The summed E-state index contributed by atoms with van der Waals surface area (Å²) in [4.78, 5) is 29.4. The normalized spacial score (nSPS) is 14.4. The lowest BCUT2D eigenvalue weighted by molar-refractivity contribution is -0.127. The zero-order valence-electron chi connectivity index (χ0n) is 18.0. The Morgan fingerprint density at radius 3 is 2.34 bits per heavy atom. The van der Waals surface area contributed by atoms with Crippen molar-refractivity contribution in [3.8, 4) is 0 Å². The van der Waals surface area contributed by atoms with Crippen LogP contribution in [0.15, 0.2) is 91.0 Å². The first kappa shape index (κ1) is 22.8. The monoisotopic (exact) mass is 435 g/mol. The van der Waals surface area contributed by atoms with E-state index in [1.165, 1.54) is 18.4 Å². The quantitative estimate of drug-likeness (QED) is 0.408. The molecule has 3 rings (SSSR count). The number of benzene rings is 2. The molecule has 0 aliphatic carbocycles. The van der Waals surface area contributed by atoms with Crippen LogP contribution in [-0.4, -0.2) is 42.9 Å². The SMILES string of the molecule is C=C(C=C(NC(=O)c1ccccc1)C(=O)N1CCN(c2ccccc2F)CC1)OC=CC. The average Bonchev–Trinajstić information content (AvgIpc) is 2.83. The number of anilines is 1. The van der Waals surface area contributed by atoms with E-state index < -0.39 is 5.91 Å². The minimum Gasteiger partial charge on any atom is -0.466 e. The van der Waals surface area contributed by atoms with Gasteiger partial charge < -0.3 is 19.9 Å². The summed E-state index contributed by atoms with van der Waals surface area (Å²) in [5, 5.41) is 2.68. The lowest BCUT2D eigenvalue weighted by Crippen LogP contribution is -2.50. The van der Waals surface area contributed by atoms with Gasteiger partial charge in [0.2, 0.25) is 0 Å². The van der Waals surface area contributed by atoms with Crippen LogP contribution in [-0.2, 0) is 9.53 Å². The van der Waals surface area contributed by atoms with Crippen molar-refractivity contribution in [2.75, 3.05) is 31.1 Å². The number of amides is 2. The molecular formula is C25H26FN3O3. The highest BCUT2D eigenvalue weighted by Crippen LogP contribution is 2.20. The van der Waals surface area contributed by atoms with E-state index in [0.717, 1.165) is 0 Å². The molecule has 2 aromatic rings. The molecule has 0 radical (unpaired) electrons. The molecule has 32 heavy (non-hydrogen) atoms. The van der Waals surface area contributed by atoms with Crippen molar-refractivity contribution < 1.29 is 18.7 Å². The molecule has 0 aromatic heterocycles. The van der Waals surface area contributed by atoms with E-state index in [1.54, 1.807) is 66.4 Å². The van der Waals surface area contributed by atoms with Gasteiger partial charge in [0.1, 0.15) is 17.3 Å². The smallest absolute Gasteiger partial charge is 0.270 e. The van der Waals surface area contributed by atoms with E-state index in [2.05, 4.69) is 11.9 Å². The van der Waals surface area contributed by atoms with Gasteiger partial charge in [0.05, 0.1) is 11.9 Å². The second-order valence-corrected chi connectivity index (χ2v) is 7.16. The highest BCUT2D eigenvalue weighted by Gasteiger charge is 2.26. The third-order valence-corrected chi connectivity index (χ3v) is 4.94. The minimum absolute atomic E-state index is 0.0627. The van der Waals surface area contributed by atoms with E-state index in [4.69, 9.17) is 4.74 Å². The molecule has 0 spiro atoms. The summed E-state index contributed by atoms with van der Waals surface area (Å²) in [7, 11) is 0. The summed E-state index contributed by atoms with van der Waals surface area (Å²) in [6.07, 6.45) is 4.53. The number of nitrogens with zero attached hydrogens (tertiary/aromatic N) is 2. The van der Waals surface area contributed by atoms with Crippen molar-refractivity contribution in [3.05, 3.63) is 102 Å². The number of ether oxygens (including phenoxy) is 1. The topological polar surface area (TPSA) is 61.9 Å². The van der Waals surface area contributed by atoms with Crippen molar-refractivity contribution in [3.63, 3.8) is 0 Å². The van der Waals surface area contributed by atoms with Gasteiger partial charge in [0.25, 0.3) is 11.8 Å². The minimum atomic E-state index is -0.408. The van der Waals surface area contributed by atoms with Crippen LogP contribution >= 0.6 is 0 Å². The Morgan fingerprint density at radius 1 is 1.03 bits per heavy atom. The predicted octanol–water partition coefficient (Wildman–Crippen LogP) is 3.85. The van der Waals surface area contributed by atoms with Gasteiger partial charge in [0, 0.05) is 37.8 Å². The van der Waals surface area contributed by atoms with Crippen molar-refractivity contribution in [2.45, 2.75) is 6.92 Å². The van der Waals surface area contributed by atoms with Gasteiger partial charge in [-0.1, -0.05) is 43.0 Å². The van der Waals surface area contributed by atoms with Crippen molar-refractivity contribution in [2.24, 2.45) is 0 Å². The van der Waals surface area contributed by atoms with Crippen molar-refractivity contribution >= 4 is 17.5 Å². The molecule has 7 heteroatoms. The van der Waals surface area contributed by atoms with Gasteiger partial charge in [-0.25, -0.2) is 4.39 Å². The van der Waals surface area contributed by atoms with Gasteiger partial charge in [-0.3, -0.25) is 9.59 Å². The molecule has 0 unspecified atom stereocenters. The maximum absolute atomic E-state index is 14.1. The molecule has 2 aromatic carbocycles. The van der Waals surface area contributed by atoms with Gasteiger partial charge in [0.15, 0.2) is 0 Å². The maximum atomic E-state index is 14.1. The summed E-state index contributed by atoms with van der Waals surface area (Å²) in [5.41, 5.74) is 1.00. The average molecular weight is 435 g/mol. The van der Waals surface area contributed by atoms with Gasteiger partial charge >= 0.3 is 0 Å². The van der Waals surface area contributed by atoms with Gasteiger partial charge in [-0.2, -0.15) is 0 Å². The number of hydrogen-bond donors (Lipinski definition) is 1. The molecule has 0 atom stereocenters. The van der Waals surface area contributed by atoms with Crippen LogP contribution < -0.4 is 10.2 Å². The number of carbonyl (C=O) groups is 2. The summed E-state index contributed by atoms with van der Waals surface area (Å²) in [6, 6.07) is 15.2. The number of carbonyl (C=O) groups excluding carboxylic acids is 2. The van der Waals surface area contributed by atoms with Gasteiger partial charge in [-0.15, -0.1) is 0 Å². The number of nitrogens with one attached hydrogen (secondary N) is 1. The first-order chi connectivity index (χ1) is 15.5. The highest BCUT2D eigenvalue weighted by molar-refractivity contribution is 6.03.